The molecular formula is C13H17N3OS2. The standard InChI is InChI=1S/C13H17N3OS2/c1-10-14-13(19-15-10)16(8-11-4-2-6-17-11)9-12-5-3-7-18-12/h3,5,7,11H,2,4,6,8-9H2,1H3. The zero-order valence-corrected chi connectivity index (χ0v) is 12.5. The molecule has 0 saturated carbocycles. The number of aryl methyl sites for hydroxylation is 1. The van der Waals surface area contributed by atoms with E-state index in [1.165, 1.54) is 22.8 Å². The first-order chi connectivity index (χ1) is 9.31. The van der Waals surface area contributed by atoms with Gasteiger partial charge in [0.05, 0.1) is 12.6 Å². The smallest absolute Gasteiger partial charge is 0.205 e. The van der Waals surface area contributed by atoms with Gasteiger partial charge < -0.3 is 9.64 Å². The lowest BCUT2D eigenvalue weighted by Gasteiger charge is -2.23. The molecule has 0 radical (unpaired) electrons. The molecular weight excluding hydrogens is 278 g/mol. The molecule has 0 spiro atoms. The van der Waals surface area contributed by atoms with Crippen LogP contribution in [0.15, 0.2) is 17.5 Å². The van der Waals surface area contributed by atoms with Crippen LogP contribution in [0.3, 0.4) is 0 Å². The van der Waals surface area contributed by atoms with E-state index < -0.39 is 0 Å². The maximum absolute atomic E-state index is 5.75. The lowest BCUT2D eigenvalue weighted by Crippen LogP contribution is -2.31. The normalized spacial score (nSPS) is 18.9. The van der Waals surface area contributed by atoms with E-state index in [9.17, 15) is 0 Å². The van der Waals surface area contributed by atoms with Gasteiger partial charge in [-0.25, -0.2) is 4.98 Å². The fourth-order valence-corrected chi connectivity index (χ4v) is 3.65. The van der Waals surface area contributed by atoms with Crippen LogP contribution in [0.2, 0.25) is 0 Å². The minimum absolute atomic E-state index is 0.337. The van der Waals surface area contributed by atoms with Crippen molar-refractivity contribution in [3.8, 4) is 0 Å². The first-order valence-electron chi connectivity index (χ1n) is 6.50. The van der Waals surface area contributed by atoms with Gasteiger partial charge in [0.2, 0.25) is 5.13 Å². The summed E-state index contributed by atoms with van der Waals surface area (Å²) < 4.78 is 10.0. The Bertz CT molecular complexity index is 506. The van der Waals surface area contributed by atoms with Crippen LogP contribution in [0, 0.1) is 6.92 Å². The average molecular weight is 295 g/mol. The van der Waals surface area contributed by atoms with Crippen molar-refractivity contribution in [2.45, 2.75) is 32.4 Å². The van der Waals surface area contributed by atoms with Crippen LogP contribution in [0.5, 0.6) is 0 Å². The van der Waals surface area contributed by atoms with Gasteiger partial charge in [-0.1, -0.05) is 6.07 Å². The topological polar surface area (TPSA) is 38.2 Å². The molecule has 1 saturated heterocycles. The molecule has 1 aliphatic heterocycles. The summed E-state index contributed by atoms with van der Waals surface area (Å²) in [5, 5.41) is 3.12. The molecule has 19 heavy (non-hydrogen) atoms. The molecule has 0 bridgehead atoms. The molecule has 2 aromatic rings. The number of hydrogen-bond acceptors (Lipinski definition) is 6. The maximum atomic E-state index is 5.75. The average Bonchev–Trinajstić information content (AvgIpc) is 3.09. The number of rotatable bonds is 5. The van der Waals surface area contributed by atoms with Gasteiger partial charge in [-0.05, 0) is 31.2 Å². The van der Waals surface area contributed by atoms with Crippen molar-refractivity contribution in [1.29, 1.82) is 0 Å². The van der Waals surface area contributed by atoms with E-state index in [0.29, 0.717) is 6.10 Å². The molecule has 0 aliphatic carbocycles. The van der Waals surface area contributed by atoms with Gasteiger partial charge in [0.1, 0.15) is 5.82 Å². The molecule has 2 aromatic heterocycles. The molecule has 1 unspecified atom stereocenters. The number of nitrogens with zero attached hydrogens (tertiary/aromatic N) is 3. The van der Waals surface area contributed by atoms with Crippen molar-refractivity contribution in [2.24, 2.45) is 0 Å². The highest BCUT2D eigenvalue weighted by Crippen LogP contribution is 2.24. The van der Waals surface area contributed by atoms with E-state index in [-0.39, 0.29) is 0 Å². The Kier molecular flexibility index (Phi) is 4.10. The number of anilines is 1. The van der Waals surface area contributed by atoms with Gasteiger partial charge in [-0.2, -0.15) is 4.37 Å². The van der Waals surface area contributed by atoms with E-state index in [2.05, 4.69) is 31.8 Å². The maximum Gasteiger partial charge on any atom is 0.205 e. The highest BCUT2D eigenvalue weighted by atomic mass is 32.1. The minimum atomic E-state index is 0.337. The molecule has 1 atom stereocenters. The molecule has 0 aromatic carbocycles. The van der Waals surface area contributed by atoms with Crippen molar-refractivity contribution < 1.29 is 4.74 Å². The summed E-state index contributed by atoms with van der Waals surface area (Å²) in [6.07, 6.45) is 2.66. The van der Waals surface area contributed by atoms with Crippen LogP contribution in [0.4, 0.5) is 5.13 Å². The fourth-order valence-electron chi connectivity index (χ4n) is 2.25. The number of ether oxygens (including phenoxy) is 1. The number of aromatic nitrogens is 2. The van der Waals surface area contributed by atoms with E-state index in [1.807, 2.05) is 6.92 Å². The van der Waals surface area contributed by atoms with Gasteiger partial charge in [0.25, 0.3) is 0 Å². The monoisotopic (exact) mass is 295 g/mol. The lowest BCUT2D eigenvalue weighted by atomic mass is 10.2. The molecule has 0 amide bonds. The summed E-state index contributed by atoms with van der Waals surface area (Å²) in [4.78, 5) is 8.17. The van der Waals surface area contributed by atoms with Gasteiger partial charge in [-0.15, -0.1) is 11.3 Å². The van der Waals surface area contributed by atoms with Crippen LogP contribution in [-0.2, 0) is 11.3 Å². The first-order valence-corrected chi connectivity index (χ1v) is 8.16. The molecule has 0 N–H and O–H groups in total. The Balaban J connectivity index is 1.74. The third-order valence-corrected chi connectivity index (χ3v) is 4.89. The Hall–Kier alpha value is -0.980. The van der Waals surface area contributed by atoms with E-state index in [4.69, 9.17) is 4.74 Å². The van der Waals surface area contributed by atoms with Crippen LogP contribution < -0.4 is 4.90 Å². The molecule has 102 valence electrons. The third-order valence-electron chi connectivity index (χ3n) is 3.16. The van der Waals surface area contributed by atoms with Crippen LogP contribution in [0.25, 0.3) is 0 Å². The highest BCUT2D eigenvalue weighted by Gasteiger charge is 2.21. The van der Waals surface area contributed by atoms with Crippen molar-refractivity contribution >= 4 is 28.0 Å². The van der Waals surface area contributed by atoms with Gasteiger partial charge in [0.15, 0.2) is 0 Å². The zero-order valence-electron chi connectivity index (χ0n) is 10.9. The van der Waals surface area contributed by atoms with Crippen LogP contribution in [-0.4, -0.2) is 28.6 Å². The van der Waals surface area contributed by atoms with Crippen molar-refractivity contribution in [1.82, 2.24) is 9.36 Å². The molecule has 3 heterocycles. The van der Waals surface area contributed by atoms with Gasteiger partial charge >= 0.3 is 0 Å². The fraction of sp³-hybridized carbons (Fsp3) is 0.538. The predicted octanol–water partition coefficient (Wildman–Crippen LogP) is 3.09. The van der Waals surface area contributed by atoms with Gasteiger partial charge in [0, 0.05) is 29.6 Å². The van der Waals surface area contributed by atoms with E-state index in [1.54, 1.807) is 11.3 Å². The Labute approximate surface area is 121 Å². The summed E-state index contributed by atoms with van der Waals surface area (Å²) >= 11 is 3.26. The molecule has 3 rings (SSSR count). The molecule has 1 fully saturated rings. The van der Waals surface area contributed by atoms with Crippen molar-refractivity contribution in [2.75, 3.05) is 18.1 Å². The summed E-state index contributed by atoms with van der Waals surface area (Å²) in [6, 6.07) is 4.26. The van der Waals surface area contributed by atoms with E-state index >= 15 is 0 Å². The summed E-state index contributed by atoms with van der Waals surface area (Å²) in [5.41, 5.74) is 0. The second kappa shape index (κ2) is 5.98. The van der Waals surface area contributed by atoms with Gasteiger partial charge in [-0.3, -0.25) is 0 Å². The third kappa shape index (κ3) is 3.32. The van der Waals surface area contributed by atoms with Crippen molar-refractivity contribution in [3.63, 3.8) is 0 Å². The quantitative estimate of drug-likeness (QED) is 0.849. The number of hydrogen-bond donors (Lipinski definition) is 0. The molecule has 6 heteroatoms. The van der Waals surface area contributed by atoms with E-state index in [0.717, 1.165) is 37.1 Å². The molecule has 4 nitrogen and oxygen atoms in total. The summed E-state index contributed by atoms with van der Waals surface area (Å²) in [5.74, 6) is 0.850. The van der Waals surface area contributed by atoms with Crippen molar-refractivity contribution in [3.05, 3.63) is 28.2 Å². The second-order valence-corrected chi connectivity index (χ2v) is 6.48. The lowest BCUT2D eigenvalue weighted by molar-refractivity contribution is 0.115. The van der Waals surface area contributed by atoms with Crippen LogP contribution in [0.1, 0.15) is 23.5 Å². The SMILES string of the molecule is Cc1nsc(N(Cc2cccs2)CC2CCCO2)n1. The number of thiophene rings is 1. The molecule has 1 aliphatic rings. The summed E-state index contributed by atoms with van der Waals surface area (Å²) in [7, 11) is 0. The first kappa shape index (κ1) is 13.0. The Morgan fingerprint density at radius 1 is 1.53 bits per heavy atom. The zero-order chi connectivity index (χ0) is 13.1. The summed E-state index contributed by atoms with van der Waals surface area (Å²) in [6.45, 7) is 4.64. The Morgan fingerprint density at radius 3 is 3.11 bits per heavy atom. The second-order valence-electron chi connectivity index (χ2n) is 4.72. The predicted molar refractivity (Wildman–Crippen MR) is 79.0 cm³/mol. The largest absolute Gasteiger partial charge is 0.376 e. The highest BCUT2D eigenvalue weighted by molar-refractivity contribution is 7.10. The minimum Gasteiger partial charge on any atom is -0.376 e. The Morgan fingerprint density at radius 2 is 2.47 bits per heavy atom. The van der Waals surface area contributed by atoms with Crippen LogP contribution >= 0.6 is 22.9 Å².